The Morgan fingerprint density at radius 1 is 1.12 bits per heavy atom. The third-order valence-electron chi connectivity index (χ3n) is 4.97. The van der Waals surface area contributed by atoms with Gasteiger partial charge in [-0.25, -0.2) is 8.78 Å². The van der Waals surface area contributed by atoms with Crippen LogP contribution in [-0.2, 0) is 12.7 Å². The lowest BCUT2D eigenvalue weighted by atomic mass is 10.1. The van der Waals surface area contributed by atoms with E-state index in [1.807, 2.05) is 0 Å². The smallest absolute Gasteiger partial charge is 0.416 e. The highest BCUT2D eigenvalue weighted by atomic mass is 19.4. The number of alkyl halides is 3. The number of ether oxygens (including phenoxy) is 1. The maximum absolute atomic E-state index is 13.7. The Morgan fingerprint density at radius 3 is 2.50 bits per heavy atom. The van der Waals surface area contributed by atoms with Gasteiger partial charge >= 0.3 is 6.18 Å². The summed E-state index contributed by atoms with van der Waals surface area (Å²) in [4.78, 5) is 12.2. The second kappa shape index (κ2) is 8.60. The van der Waals surface area contributed by atoms with Gasteiger partial charge in [-0.15, -0.1) is 0 Å². The van der Waals surface area contributed by atoms with Crippen LogP contribution in [0.2, 0.25) is 0 Å². The molecule has 1 fully saturated rings. The van der Waals surface area contributed by atoms with E-state index in [1.165, 1.54) is 29.1 Å². The fourth-order valence-corrected chi connectivity index (χ4v) is 3.13. The maximum Gasteiger partial charge on any atom is 0.416 e. The van der Waals surface area contributed by atoms with E-state index >= 15 is 0 Å². The average molecular weight is 451 g/mol. The number of nitrogens with one attached hydrogen (secondary N) is 1. The molecule has 10 heteroatoms. The van der Waals surface area contributed by atoms with Crippen LogP contribution in [0.4, 0.5) is 27.8 Å². The molecule has 2 aromatic carbocycles. The molecule has 0 saturated heterocycles. The molecule has 1 aliphatic rings. The molecular weight excluding hydrogens is 433 g/mol. The Kier molecular flexibility index (Phi) is 5.86. The lowest BCUT2D eigenvalue weighted by Crippen LogP contribution is -2.17. The largest absolute Gasteiger partial charge is 0.493 e. The lowest BCUT2D eigenvalue weighted by Gasteiger charge is -2.15. The molecule has 1 aliphatic carbocycles. The summed E-state index contributed by atoms with van der Waals surface area (Å²) in [6.07, 6.45) is -1.20. The zero-order valence-corrected chi connectivity index (χ0v) is 16.6. The van der Waals surface area contributed by atoms with Crippen molar-refractivity contribution in [2.45, 2.75) is 25.6 Å². The first-order valence-corrected chi connectivity index (χ1v) is 9.82. The van der Waals surface area contributed by atoms with Gasteiger partial charge in [0.05, 0.1) is 18.7 Å². The SMILES string of the molecule is O=C(Nc1ccn(Cc2ccc(OCC3CC3)cc2C(F)(F)F)n1)c1c(F)cccc1F. The molecule has 0 atom stereocenters. The molecule has 168 valence electrons. The summed E-state index contributed by atoms with van der Waals surface area (Å²) in [6.45, 7) is 0.156. The predicted molar refractivity (Wildman–Crippen MR) is 105 cm³/mol. The fraction of sp³-hybridized carbons (Fsp3) is 0.273. The first kappa shape index (κ1) is 21.8. The van der Waals surface area contributed by atoms with Crippen LogP contribution in [0.5, 0.6) is 5.75 Å². The van der Waals surface area contributed by atoms with Crippen molar-refractivity contribution in [1.82, 2.24) is 9.78 Å². The van der Waals surface area contributed by atoms with Crippen molar-refractivity contribution in [3.63, 3.8) is 0 Å². The zero-order chi connectivity index (χ0) is 22.9. The molecule has 0 unspecified atom stereocenters. The van der Waals surface area contributed by atoms with E-state index in [2.05, 4.69) is 10.4 Å². The third-order valence-corrected chi connectivity index (χ3v) is 4.97. The molecule has 4 rings (SSSR count). The summed E-state index contributed by atoms with van der Waals surface area (Å²) in [5.41, 5.74) is -1.67. The third kappa shape index (κ3) is 5.06. The minimum Gasteiger partial charge on any atom is -0.493 e. The van der Waals surface area contributed by atoms with E-state index in [1.54, 1.807) is 0 Å². The highest BCUT2D eigenvalue weighted by molar-refractivity contribution is 6.04. The quantitative estimate of drug-likeness (QED) is 0.498. The second-order valence-electron chi connectivity index (χ2n) is 7.52. The highest BCUT2D eigenvalue weighted by Gasteiger charge is 2.34. The number of hydrogen-bond donors (Lipinski definition) is 1. The summed E-state index contributed by atoms with van der Waals surface area (Å²) in [6, 6.07) is 8.07. The number of aromatic nitrogens is 2. The van der Waals surface area contributed by atoms with Crippen LogP contribution in [0.3, 0.4) is 0 Å². The first-order chi connectivity index (χ1) is 15.2. The number of carbonyl (C=O) groups excluding carboxylic acids is 1. The Morgan fingerprint density at radius 2 is 1.84 bits per heavy atom. The molecule has 5 nitrogen and oxygen atoms in total. The molecule has 3 aromatic rings. The van der Waals surface area contributed by atoms with Gasteiger partial charge in [0.1, 0.15) is 22.9 Å². The summed E-state index contributed by atoms with van der Waals surface area (Å²) < 4.78 is 74.8. The van der Waals surface area contributed by atoms with Crippen molar-refractivity contribution < 1.29 is 31.5 Å². The molecule has 0 bridgehead atoms. The minimum absolute atomic E-state index is 0.0441. The fourth-order valence-electron chi connectivity index (χ4n) is 3.13. The van der Waals surface area contributed by atoms with Crippen molar-refractivity contribution in [3.8, 4) is 5.75 Å². The topological polar surface area (TPSA) is 56.2 Å². The first-order valence-electron chi connectivity index (χ1n) is 9.82. The average Bonchev–Trinajstić information content (AvgIpc) is 3.45. The van der Waals surface area contributed by atoms with E-state index in [4.69, 9.17) is 4.74 Å². The highest BCUT2D eigenvalue weighted by Crippen LogP contribution is 2.36. The molecule has 32 heavy (non-hydrogen) atoms. The summed E-state index contributed by atoms with van der Waals surface area (Å²) >= 11 is 0. The van der Waals surface area contributed by atoms with Gasteiger partial charge in [-0.3, -0.25) is 9.48 Å². The van der Waals surface area contributed by atoms with E-state index in [0.717, 1.165) is 37.1 Å². The Hall–Kier alpha value is -3.43. The van der Waals surface area contributed by atoms with Crippen molar-refractivity contribution in [1.29, 1.82) is 0 Å². The van der Waals surface area contributed by atoms with Gasteiger partial charge in [0.15, 0.2) is 5.82 Å². The van der Waals surface area contributed by atoms with Crippen LogP contribution in [0.1, 0.15) is 34.3 Å². The summed E-state index contributed by atoms with van der Waals surface area (Å²) in [5, 5.41) is 6.23. The van der Waals surface area contributed by atoms with Crippen molar-refractivity contribution in [3.05, 3.63) is 77.0 Å². The predicted octanol–water partition coefficient (Wildman–Crippen LogP) is 5.27. The molecule has 0 spiro atoms. The number of benzene rings is 2. The Balaban J connectivity index is 1.49. The number of rotatable bonds is 7. The molecule has 0 radical (unpaired) electrons. The summed E-state index contributed by atoms with van der Waals surface area (Å²) in [7, 11) is 0. The summed E-state index contributed by atoms with van der Waals surface area (Å²) in [5.74, 6) is -2.65. The monoisotopic (exact) mass is 451 g/mol. The van der Waals surface area contributed by atoms with Crippen molar-refractivity contribution in [2.24, 2.45) is 5.92 Å². The molecule has 1 aromatic heterocycles. The number of amides is 1. The van der Waals surface area contributed by atoms with Crippen LogP contribution in [-0.4, -0.2) is 22.3 Å². The molecular formula is C22H18F5N3O2. The normalized spacial score (nSPS) is 13.8. The van der Waals surface area contributed by atoms with E-state index < -0.39 is 34.8 Å². The second-order valence-corrected chi connectivity index (χ2v) is 7.52. The number of carbonyl (C=O) groups is 1. The van der Waals surface area contributed by atoms with Gasteiger partial charge in [0, 0.05) is 12.3 Å². The molecule has 1 saturated carbocycles. The number of halogens is 5. The molecule has 1 amide bonds. The van der Waals surface area contributed by atoms with E-state index in [9.17, 15) is 26.7 Å². The van der Waals surface area contributed by atoms with Crippen LogP contribution in [0, 0.1) is 17.6 Å². The molecule has 0 aliphatic heterocycles. The molecule has 1 N–H and O–H groups in total. The Bertz CT molecular complexity index is 1120. The van der Waals surface area contributed by atoms with E-state index in [0.29, 0.717) is 12.5 Å². The van der Waals surface area contributed by atoms with Crippen LogP contribution in [0.15, 0.2) is 48.7 Å². The number of nitrogens with zero attached hydrogens (tertiary/aromatic N) is 2. The van der Waals surface area contributed by atoms with Crippen LogP contribution < -0.4 is 10.1 Å². The van der Waals surface area contributed by atoms with Crippen molar-refractivity contribution >= 4 is 11.7 Å². The van der Waals surface area contributed by atoms with Gasteiger partial charge < -0.3 is 10.1 Å². The lowest BCUT2D eigenvalue weighted by molar-refractivity contribution is -0.138. The number of anilines is 1. The molecule has 1 heterocycles. The van der Waals surface area contributed by atoms with Crippen LogP contribution >= 0.6 is 0 Å². The van der Waals surface area contributed by atoms with Gasteiger partial charge in [-0.2, -0.15) is 18.3 Å². The van der Waals surface area contributed by atoms with Gasteiger partial charge in [0.25, 0.3) is 5.91 Å². The zero-order valence-electron chi connectivity index (χ0n) is 16.6. The van der Waals surface area contributed by atoms with Gasteiger partial charge in [-0.05, 0) is 48.6 Å². The van der Waals surface area contributed by atoms with E-state index in [-0.39, 0.29) is 23.7 Å². The van der Waals surface area contributed by atoms with Crippen LogP contribution in [0.25, 0.3) is 0 Å². The Labute approximate surface area is 179 Å². The van der Waals surface area contributed by atoms with Gasteiger partial charge in [0.2, 0.25) is 0 Å². The van der Waals surface area contributed by atoms with Gasteiger partial charge in [-0.1, -0.05) is 12.1 Å². The number of hydrogen-bond acceptors (Lipinski definition) is 3. The maximum atomic E-state index is 13.7. The minimum atomic E-state index is -4.60. The standard InChI is InChI=1S/C22H18F5N3O2/c23-17-2-1-3-18(24)20(17)21(31)28-19-8-9-30(29-19)11-14-6-7-15(32-12-13-4-5-13)10-16(14)22(25,26)27/h1-3,6-10,13H,4-5,11-12H2,(H,28,29,31). The van der Waals surface area contributed by atoms with Crippen molar-refractivity contribution in [2.75, 3.05) is 11.9 Å².